The Hall–Kier alpha value is -2.47. The second kappa shape index (κ2) is 6.20. The molecule has 1 saturated carbocycles. The molecule has 0 radical (unpaired) electrons. The van der Waals surface area contributed by atoms with Crippen molar-refractivity contribution in [3.8, 4) is 0 Å². The van der Waals surface area contributed by atoms with Gasteiger partial charge in [-0.15, -0.1) is 5.10 Å². The van der Waals surface area contributed by atoms with Crippen molar-refractivity contribution >= 4 is 5.65 Å². The minimum atomic E-state index is -0.173. The molecule has 0 N–H and O–H groups in total. The number of halogens is 1. The summed E-state index contributed by atoms with van der Waals surface area (Å²) in [6.45, 7) is 1.76. The number of benzene rings is 1. The second-order valence-corrected chi connectivity index (χ2v) is 6.23. The molecule has 124 valence electrons. The van der Waals surface area contributed by atoms with Crippen molar-refractivity contribution in [1.29, 1.82) is 0 Å². The number of aromatic nitrogens is 3. The van der Waals surface area contributed by atoms with Crippen molar-refractivity contribution in [2.24, 2.45) is 0 Å². The Balaban J connectivity index is 1.50. The van der Waals surface area contributed by atoms with Crippen LogP contribution in [-0.4, -0.2) is 31.7 Å². The molecular formula is C18H19FN4O. The Labute approximate surface area is 138 Å². The lowest BCUT2D eigenvalue weighted by atomic mass is 10.2. The summed E-state index contributed by atoms with van der Waals surface area (Å²) in [7, 11) is 0. The minimum Gasteiger partial charge on any atom is -0.294 e. The van der Waals surface area contributed by atoms with Gasteiger partial charge in [0.05, 0.1) is 6.54 Å². The van der Waals surface area contributed by atoms with E-state index in [0.717, 1.165) is 12.8 Å². The molecule has 1 aliphatic rings. The average Bonchev–Trinajstić information content (AvgIpc) is 3.39. The van der Waals surface area contributed by atoms with Crippen LogP contribution in [0.25, 0.3) is 5.65 Å². The van der Waals surface area contributed by atoms with Gasteiger partial charge in [0.15, 0.2) is 5.65 Å². The quantitative estimate of drug-likeness (QED) is 0.698. The van der Waals surface area contributed by atoms with E-state index in [1.165, 1.54) is 10.7 Å². The summed E-state index contributed by atoms with van der Waals surface area (Å²) in [5, 5.41) is 4.35. The zero-order valence-corrected chi connectivity index (χ0v) is 13.3. The van der Waals surface area contributed by atoms with Crippen LogP contribution in [0.2, 0.25) is 0 Å². The molecular weight excluding hydrogens is 307 g/mol. The Morgan fingerprint density at radius 1 is 1.17 bits per heavy atom. The van der Waals surface area contributed by atoms with Crippen LogP contribution < -0.4 is 5.69 Å². The third kappa shape index (κ3) is 2.97. The van der Waals surface area contributed by atoms with E-state index in [0.29, 0.717) is 36.9 Å². The van der Waals surface area contributed by atoms with E-state index in [9.17, 15) is 9.18 Å². The van der Waals surface area contributed by atoms with Gasteiger partial charge in [-0.3, -0.25) is 9.30 Å². The maximum atomic E-state index is 13.9. The zero-order valence-electron chi connectivity index (χ0n) is 13.3. The van der Waals surface area contributed by atoms with Crippen molar-refractivity contribution in [3.63, 3.8) is 0 Å². The maximum Gasteiger partial charge on any atom is 0.350 e. The fraction of sp³-hybridized carbons (Fsp3) is 0.333. The number of hydrogen-bond acceptors (Lipinski definition) is 3. The number of hydrogen-bond donors (Lipinski definition) is 0. The van der Waals surface area contributed by atoms with Crippen molar-refractivity contribution < 1.29 is 4.39 Å². The molecule has 6 heteroatoms. The average molecular weight is 326 g/mol. The molecule has 0 unspecified atom stereocenters. The highest BCUT2D eigenvalue weighted by molar-refractivity contribution is 5.35. The summed E-state index contributed by atoms with van der Waals surface area (Å²) in [5.74, 6) is -0.173. The summed E-state index contributed by atoms with van der Waals surface area (Å²) < 4.78 is 16.9. The molecule has 0 atom stereocenters. The van der Waals surface area contributed by atoms with Crippen LogP contribution in [0.4, 0.5) is 4.39 Å². The van der Waals surface area contributed by atoms with E-state index in [4.69, 9.17) is 0 Å². The number of fused-ring (bicyclic) bond motifs is 1. The van der Waals surface area contributed by atoms with Crippen LogP contribution in [0.15, 0.2) is 53.5 Å². The lowest BCUT2D eigenvalue weighted by molar-refractivity contribution is 0.236. The van der Waals surface area contributed by atoms with Gasteiger partial charge in [0.2, 0.25) is 0 Å². The smallest absolute Gasteiger partial charge is 0.294 e. The Kier molecular flexibility index (Phi) is 3.90. The highest BCUT2D eigenvalue weighted by atomic mass is 19.1. The highest BCUT2D eigenvalue weighted by Crippen LogP contribution is 2.28. The number of pyridine rings is 1. The summed E-state index contributed by atoms with van der Waals surface area (Å²) in [6, 6.07) is 12.9. The first kappa shape index (κ1) is 15.1. The van der Waals surface area contributed by atoms with Crippen LogP contribution in [0.5, 0.6) is 0 Å². The predicted molar refractivity (Wildman–Crippen MR) is 89.3 cm³/mol. The van der Waals surface area contributed by atoms with E-state index in [-0.39, 0.29) is 11.5 Å². The lowest BCUT2D eigenvalue weighted by Crippen LogP contribution is -2.32. The first-order chi connectivity index (χ1) is 11.7. The van der Waals surface area contributed by atoms with Crippen molar-refractivity contribution in [2.75, 3.05) is 6.54 Å². The van der Waals surface area contributed by atoms with Crippen LogP contribution in [0.3, 0.4) is 0 Å². The molecule has 24 heavy (non-hydrogen) atoms. The summed E-state index contributed by atoms with van der Waals surface area (Å²) in [5.41, 5.74) is 1.22. The summed E-state index contributed by atoms with van der Waals surface area (Å²) in [4.78, 5) is 14.6. The van der Waals surface area contributed by atoms with Gasteiger partial charge in [-0.2, -0.15) is 0 Å². The minimum absolute atomic E-state index is 0.132. The predicted octanol–water partition coefficient (Wildman–Crippen LogP) is 2.30. The number of nitrogens with zero attached hydrogens (tertiary/aromatic N) is 4. The van der Waals surface area contributed by atoms with Crippen molar-refractivity contribution in [2.45, 2.75) is 32.0 Å². The second-order valence-electron chi connectivity index (χ2n) is 6.23. The normalized spacial score (nSPS) is 14.6. The molecule has 4 rings (SSSR count). The molecule has 1 aromatic carbocycles. The van der Waals surface area contributed by atoms with Gasteiger partial charge in [-0.05, 0) is 31.0 Å². The van der Waals surface area contributed by atoms with E-state index in [1.807, 2.05) is 30.3 Å². The third-order valence-corrected chi connectivity index (χ3v) is 4.48. The molecule has 5 nitrogen and oxygen atoms in total. The highest BCUT2D eigenvalue weighted by Gasteiger charge is 2.29. The van der Waals surface area contributed by atoms with Gasteiger partial charge >= 0.3 is 5.69 Å². The van der Waals surface area contributed by atoms with Gasteiger partial charge in [0.25, 0.3) is 0 Å². The van der Waals surface area contributed by atoms with E-state index in [2.05, 4.69) is 10.00 Å². The maximum absolute atomic E-state index is 13.9. The lowest BCUT2D eigenvalue weighted by Gasteiger charge is -2.22. The topological polar surface area (TPSA) is 42.5 Å². The molecule has 2 heterocycles. The van der Waals surface area contributed by atoms with Gasteiger partial charge < -0.3 is 0 Å². The molecule has 2 aromatic heterocycles. The van der Waals surface area contributed by atoms with E-state index >= 15 is 0 Å². The summed E-state index contributed by atoms with van der Waals surface area (Å²) in [6.07, 6.45) is 3.99. The fourth-order valence-electron chi connectivity index (χ4n) is 3.01. The molecule has 0 spiro atoms. The Morgan fingerprint density at radius 2 is 1.96 bits per heavy atom. The Morgan fingerprint density at radius 3 is 2.71 bits per heavy atom. The van der Waals surface area contributed by atoms with E-state index < -0.39 is 0 Å². The first-order valence-corrected chi connectivity index (χ1v) is 8.24. The number of rotatable bonds is 6. The van der Waals surface area contributed by atoms with Crippen LogP contribution >= 0.6 is 0 Å². The third-order valence-electron chi connectivity index (χ3n) is 4.48. The Bertz CT molecular complexity index is 913. The van der Waals surface area contributed by atoms with Crippen molar-refractivity contribution in [1.82, 2.24) is 19.1 Å². The zero-order chi connectivity index (χ0) is 16.5. The van der Waals surface area contributed by atoms with Crippen LogP contribution in [0, 0.1) is 5.82 Å². The SMILES string of the molecule is O=c1n(CCN(Cc2ccccc2F)C2CC2)nc2ccccn12. The largest absolute Gasteiger partial charge is 0.350 e. The fourth-order valence-corrected chi connectivity index (χ4v) is 3.01. The van der Waals surface area contributed by atoms with Crippen molar-refractivity contribution in [3.05, 3.63) is 70.5 Å². The molecule has 0 aliphatic heterocycles. The summed E-state index contributed by atoms with van der Waals surface area (Å²) >= 11 is 0. The van der Waals surface area contributed by atoms with Crippen LogP contribution in [0.1, 0.15) is 18.4 Å². The monoisotopic (exact) mass is 326 g/mol. The van der Waals surface area contributed by atoms with Gasteiger partial charge in [0.1, 0.15) is 5.82 Å². The van der Waals surface area contributed by atoms with Crippen LogP contribution in [-0.2, 0) is 13.1 Å². The first-order valence-electron chi connectivity index (χ1n) is 8.24. The molecule has 1 fully saturated rings. The molecule has 0 bridgehead atoms. The molecule has 3 aromatic rings. The van der Waals surface area contributed by atoms with Gasteiger partial charge in [-0.25, -0.2) is 13.9 Å². The van der Waals surface area contributed by atoms with E-state index in [1.54, 1.807) is 16.7 Å². The molecule has 1 aliphatic carbocycles. The molecule has 0 amide bonds. The molecule has 0 saturated heterocycles. The standard InChI is InChI=1S/C18H19FN4O/c19-16-6-2-1-5-14(16)13-21(15-8-9-15)11-12-23-18(24)22-10-4-3-7-17(22)20-23/h1-7,10,15H,8-9,11-13H2. The van der Waals surface area contributed by atoms with Gasteiger partial charge in [-0.1, -0.05) is 24.3 Å². The van der Waals surface area contributed by atoms with Gasteiger partial charge in [0, 0.05) is 30.9 Å².